The largest absolute Gasteiger partial charge is 0.488 e. The van der Waals surface area contributed by atoms with Crippen molar-refractivity contribution < 1.29 is 9.53 Å². The van der Waals surface area contributed by atoms with E-state index in [0.717, 1.165) is 17.4 Å². The van der Waals surface area contributed by atoms with E-state index in [1.54, 1.807) is 0 Å². The van der Waals surface area contributed by atoms with Crippen molar-refractivity contribution in [3.63, 3.8) is 0 Å². The predicted molar refractivity (Wildman–Crippen MR) is 92.7 cm³/mol. The second-order valence-electron chi connectivity index (χ2n) is 5.89. The molecule has 0 radical (unpaired) electrons. The maximum absolute atomic E-state index is 11.2. The van der Waals surface area contributed by atoms with Gasteiger partial charge < -0.3 is 4.74 Å². The average Bonchev–Trinajstić information content (AvgIpc) is 2.54. The molecule has 2 rings (SSSR count). The second-order valence-corrected chi connectivity index (χ2v) is 5.89. The third-order valence-corrected chi connectivity index (χ3v) is 3.24. The number of carbonyl (C=O) groups is 1. The SMILES string of the molecule is CC.CC(C)(C)c1ccc(OCc2ccccc2)c(C=O)c1. The third kappa shape index (κ3) is 5.03. The molecule has 0 aliphatic carbocycles. The summed E-state index contributed by atoms with van der Waals surface area (Å²) in [5.74, 6) is 0.636. The lowest BCUT2D eigenvalue weighted by Gasteiger charge is -2.20. The van der Waals surface area contributed by atoms with Gasteiger partial charge in [0.1, 0.15) is 12.4 Å². The maximum Gasteiger partial charge on any atom is 0.153 e. The van der Waals surface area contributed by atoms with Crippen LogP contribution in [0.1, 0.15) is 56.1 Å². The molecule has 0 saturated heterocycles. The van der Waals surface area contributed by atoms with Crippen LogP contribution in [0, 0.1) is 0 Å². The first-order chi connectivity index (χ1) is 10.5. The summed E-state index contributed by atoms with van der Waals surface area (Å²) >= 11 is 0. The van der Waals surface area contributed by atoms with Crippen molar-refractivity contribution in [3.05, 3.63) is 65.2 Å². The highest BCUT2D eigenvalue weighted by atomic mass is 16.5. The molecule has 0 spiro atoms. The van der Waals surface area contributed by atoms with Crippen molar-refractivity contribution in [1.29, 1.82) is 0 Å². The Bertz CT molecular complexity index is 580. The molecule has 2 heteroatoms. The molecular formula is C20H26O2. The van der Waals surface area contributed by atoms with E-state index < -0.39 is 0 Å². The van der Waals surface area contributed by atoms with E-state index in [4.69, 9.17) is 4.74 Å². The van der Waals surface area contributed by atoms with Gasteiger partial charge in [0, 0.05) is 0 Å². The molecule has 0 heterocycles. The van der Waals surface area contributed by atoms with Gasteiger partial charge in [-0.1, -0.05) is 71.0 Å². The van der Waals surface area contributed by atoms with Gasteiger partial charge in [0.05, 0.1) is 5.56 Å². The smallest absolute Gasteiger partial charge is 0.153 e. The number of carbonyl (C=O) groups excluding carboxylic acids is 1. The molecule has 22 heavy (non-hydrogen) atoms. The molecule has 0 aromatic heterocycles. The minimum absolute atomic E-state index is 0.0235. The lowest BCUT2D eigenvalue weighted by Crippen LogP contribution is -2.11. The monoisotopic (exact) mass is 298 g/mol. The number of benzene rings is 2. The Morgan fingerprint density at radius 1 is 1.00 bits per heavy atom. The van der Waals surface area contributed by atoms with Gasteiger partial charge >= 0.3 is 0 Å². The van der Waals surface area contributed by atoms with E-state index in [-0.39, 0.29) is 5.41 Å². The van der Waals surface area contributed by atoms with Crippen molar-refractivity contribution in [2.24, 2.45) is 0 Å². The molecule has 0 unspecified atom stereocenters. The Kier molecular flexibility index (Phi) is 6.84. The van der Waals surface area contributed by atoms with Gasteiger partial charge in [-0.05, 0) is 28.7 Å². The Morgan fingerprint density at radius 2 is 1.64 bits per heavy atom. The highest BCUT2D eigenvalue weighted by Gasteiger charge is 2.15. The number of hydrogen-bond donors (Lipinski definition) is 0. The molecular weight excluding hydrogens is 272 g/mol. The number of ether oxygens (including phenoxy) is 1. The van der Waals surface area contributed by atoms with E-state index >= 15 is 0 Å². The average molecular weight is 298 g/mol. The van der Waals surface area contributed by atoms with Crippen molar-refractivity contribution in [2.75, 3.05) is 0 Å². The molecule has 0 bridgehead atoms. The molecule has 2 nitrogen and oxygen atoms in total. The first kappa shape index (κ1) is 18.0. The van der Waals surface area contributed by atoms with Crippen LogP contribution in [-0.2, 0) is 12.0 Å². The Labute approximate surface area is 134 Å². The molecule has 2 aromatic rings. The first-order valence-electron chi connectivity index (χ1n) is 7.77. The number of hydrogen-bond acceptors (Lipinski definition) is 2. The highest BCUT2D eigenvalue weighted by Crippen LogP contribution is 2.27. The fraction of sp³-hybridized carbons (Fsp3) is 0.350. The fourth-order valence-corrected chi connectivity index (χ4v) is 1.97. The standard InChI is InChI=1S/C18H20O2.C2H6/c1-18(2,3)16-9-10-17(15(11-16)12-19)20-13-14-7-5-4-6-8-14;1-2/h4-12H,13H2,1-3H3;1-2H3. The Balaban J connectivity index is 0.00000116. The quantitative estimate of drug-likeness (QED) is 0.706. The lowest BCUT2D eigenvalue weighted by atomic mass is 9.86. The topological polar surface area (TPSA) is 26.3 Å². The van der Waals surface area contributed by atoms with Gasteiger partial charge in [-0.15, -0.1) is 0 Å². The van der Waals surface area contributed by atoms with Crippen LogP contribution < -0.4 is 4.74 Å². The molecule has 0 saturated carbocycles. The molecule has 0 amide bonds. The van der Waals surface area contributed by atoms with Crippen LogP contribution >= 0.6 is 0 Å². The molecule has 0 atom stereocenters. The number of aldehydes is 1. The summed E-state index contributed by atoms with van der Waals surface area (Å²) in [4.78, 5) is 11.2. The zero-order valence-corrected chi connectivity index (χ0v) is 14.2. The van der Waals surface area contributed by atoms with E-state index in [9.17, 15) is 4.79 Å². The Hall–Kier alpha value is -2.09. The van der Waals surface area contributed by atoms with Crippen LogP contribution in [0.15, 0.2) is 48.5 Å². The van der Waals surface area contributed by atoms with Crippen LogP contribution in [0.5, 0.6) is 5.75 Å². The summed E-state index contributed by atoms with van der Waals surface area (Å²) in [6, 6.07) is 15.7. The molecule has 0 aliphatic heterocycles. The van der Waals surface area contributed by atoms with Crippen molar-refractivity contribution in [2.45, 2.75) is 46.6 Å². The summed E-state index contributed by atoms with van der Waals surface area (Å²) < 4.78 is 5.75. The molecule has 118 valence electrons. The normalized spacial score (nSPS) is 10.4. The molecule has 2 aromatic carbocycles. The highest BCUT2D eigenvalue weighted by molar-refractivity contribution is 5.79. The van der Waals surface area contributed by atoms with Gasteiger partial charge in [-0.3, -0.25) is 4.79 Å². The lowest BCUT2D eigenvalue weighted by molar-refractivity contribution is 0.111. The molecule has 0 N–H and O–H groups in total. The van der Waals surface area contributed by atoms with Crippen LogP contribution in [0.3, 0.4) is 0 Å². The van der Waals surface area contributed by atoms with Crippen molar-refractivity contribution in [3.8, 4) is 5.75 Å². The van der Waals surface area contributed by atoms with E-state index in [1.807, 2.05) is 62.4 Å². The van der Waals surface area contributed by atoms with Crippen LogP contribution in [0.4, 0.5) is 0 Å². The van der Waals surface area contributed by atoms with Gasteiger partial charge in [0.15, 0.2) is 6.29 Å². The zero-order chi connectivity index (χ0) is 16.6. The van der Waals surface area contributed by atoms with E-state index in [2.05, 4.69) is 20.8 Å². The maximum atomic E-state index is 11.2. The first-order valence-corrected chi connectivity index (χ1v) is 7.77. The van der Waals surface area contributed by atoms with Gasteiger partial charge in [-0.25, -0.2) is 0 Å². The van der Waals surface area contributed by atoms with Gasteiger partial charge in [0.25, 0.3) is 0 Å². The predicted octanol–water partition coefficient (Wildman–Crippen LogP) is 5.40. The Morgan fingerprint density at radius 3 is 2.18 bits per heavy atom. The minimum atomic E-state index is 0.0235. The van der Waals surface area contributed by atoms with Crippen LogP contribution in [-0.4, -0.2) is 6.29 Å². The summed E-state index contributed by atoms with van der Waals surface area (Å²) in [6.45, 7) is 10.8. The summed E-state index contributed by atoms with van der Waals surface area (Å²) in [7, 11) is 0. The zero-order valence-electron chi connectivity index (χ0n) is 14.2. The number of rotatable bonds is 4. The summed E-state index contributed by atoms with van der Waals surface area (Å²) in [5, 5.41) is 0. The van der Waals surface area contributed by atoms with E-state index in [1.165, 1.54) is 0 Å². The summed E-state index contributed by atoms with van der Waals surface area (Å²) in [5.41, 5.74) is 2.85. The summed E-state index contributed by atoms with van der Waals surface area (Å²) in [6.07, 6.45) is 0.857. The fourth-order valence-electron chi connectivity index (χ4n) is 1.97. The van der Waals surface area contributed by atoms with Gasteiger partial charge in [-0.2, -0.15) is 0 Å². The third-order valence-electron chi connectivity index (χ3n) is 3.24. The van der Waals surface area contributed by atoms with Crippen molar-refractivity contribution in [1.82, 2.24) is 0 Å². The van der Waals surface area contributed by atoms with E-state index in [0.29, 0.717) is 17.9 Å². The molecule has 0 aliphatic rings. The van der Waals surface area contributed by atoms with Crippen LogP contribution in [0.2, 0.25) is 0 Å². The minimum Gasteiger partial charge on any atom is -0.488 e. The van der Waals surface area contributed by atoms with Crippen LogP contribution in [0.25, 0.3) is 0 Å². The molecule has 0 fully saturated rings. The van der Waals surface area contributed by atoms with Crippen molar-refractivity contribution >= 4 is 6.29 Å². The second kappa shape index (κ2) is 8.38. The van der Waals surface area contributed by atoms with Gasteiger partial charge in [0.2, 0.25) is 0 Å².